The predicted octanol–water partition coefficient (Wildman–Crippen LogP) is 1.77. The van der Waals surface area contributed by atoms with Crippen LogP contribution >= 0.6 is 11.8 Å². The lowest BCUT2D eigenvalue weighted by Gasteiger charge is -2.03. The number of rotatable bonds is 7. The molecule has 0 unspecified atom stereocenters. The Balaban J connectivity index is 2.15. The predicted molar refractivity (Wildman–Crippen MR) is 67.2 cm³/mol. The molecular formula is C12H16N2OS. The van der Waals surface area contributed by atoms with Crippen LogP contribution in [0.3, 0.4) is 0 Å². The van der Waals surface area contributed by atoms with Gasteiger partial charge in [0.25, 0.3) is 0 Å². The molecule has 0 radical (unpaired) electrons. The summed E-state index contributed by atoms with van der Waals surface area (Å²) in [4.78, 5) is 0. The Morgan fingerprint density at radius 2 is 2.00 bits per heavy atom. The van der Waals surface area contributed by atoms with Gasteiger partial charge in [0.15, 0.2) is 0 Å². The number of nitrogens with zero attached hydrogens (tertiary/aromatic N) is 1. The molecule has 0 aromatic heterocycles. The van der Waals surface area contributed by atoms with Crippen LogP contribution in [0.5, 0.6) is 0 Å². The van der Waals surface area contributed by atoms with Crippen molar-refractivity contribution in [3.05, 3.63) is 35.4 Å². The molecule has 0 aliphatic heterocycles. The molecule has 2 N–H and O–H groups in total. The van der Waals surface area contributed by atoms with E-state index in [1.54, 1.807) is 0 Å². The first-order valence-corrected chi connectivity index (χ1v) is 6.37. The average Bonchev–Trinajstić information content (AvgIpc) is 2.34. The third-order valence-electron chi connectivity index (χ3n) is 1.99. The number of ether oxygens (including phenoxy) is 1. The molecule has 3 nitrogen and oxygen atoms in total. The van der Waals surface area contributed by atoms with Crippen molar-refractivity contribution in [1.29, 1.82) is 5.26 Å². The van der Waals surface area contributed by atoms with E-state index in [1.807, 2.05) is 36.0 Å². The maximum absolute atomic E-state index is 8.64. The van der Waals surface area contributed by atoms with Gasteiger partial charge in [-0.15, -0.1) is 0 Å². The van der Waals surface area contributed by atoms with Crippen LogP contribution in [0.15, 0.2) is 24.3 Å². The number of hydrogen-bond donors (Lipinski definition) is 1. The molecule has 0 atom stereocenters. The Morgan fingerprint density at radius 3 is 2.62 bits per heavy atom. The van der Waals surface area contributed by atoms with Crippen molar-refractivity contribution < 1.29 is 4.74 Å². The standard InChI is InChI=1S/C12H16N2OS/c13-5-6-15-7-8-16-10-12-3-1-11(9-14)2-4-12/h1-4H,5-8,10,13H2. The lowest BCUT2D eigenvalue weighted by atomic mass is 10.2. The second-order valence-electron chi connectivity index (χ2n) is 3.26. The lowest BCUT2D eigenvalue weighted by molar-refractivity contribution is 0.158. The van der Waals surface area contributed by atoms with Crippen molar-refractivity contribution >= 4 is 11.8 Å². The summed E-state index contributed by atoms with van der Waals surface area (Å²) in [5.74, 6) is 1.93. The zero-order valence-corrected chi connectivity index (χ0v) is 10.0. The van der Waals surface area contributed by atoms with Gasteiger partial charge in [0, 0.05) is 18.1 Å². The molecule has 4 heteroatoms. The second kappa shape index (κ2) is 8.17. The second-order valence-corrected chi connectivity index (χ2v) is 4.37. The van der Waals surface area contributed by atoms with Crippen LogP contribution < -0.4 is 5.73 Å². The first kappa shape index (κ1) is 13.0. The zero-order valence-electron chi connectivity index (χ0n) is 9.19. The molecule has 0 saturated heterocycles. The van der Waals surface area contributed by atoms with Crippen LogP contribution in [-0.4, -0.2) is 25.5 Å². The molecule has 1 aromatic carbocycles. The van der Waals surface area contributed by atoms with Crippen LogP contribution in [0, 0.1) is 11.3 Å². The van der Waals surface area contributed by atoms with Crippen LogP contribution in [0.4, 0.5) is 0 Å². The van der Waals surface area contributed by atoms with Crippen LogP contribution in [-0.2, 0) is 10.5 Å². The van der Waals surface area contributed by atoms with E-state index in [2.05, 4.69) is 6.07 Å². The van der Waals surface area contributed by atoms with Crippen LogP contribution in [0.25, 0.3) is 0 Å². The fourth-order valence-corrected chi connectivity index (χ4v) is 1.98. The number of nitrogens with two attached hydrogens (primary N) is 1. The van der Waals surface area contributed by atoms with Gasteiger partial charge in [0.2, 0.25) is 0 Å². The van der Waals surface area contributed by atoms with Gasteiger partial charge in [-0.1, -0.05) is 12.1 Å². The van der Waals surface area contributed by atoms with Crippen molar-refractivity contribution in [2.24, 2.45) is 5.73 Å². The fraction of sp³-hybridized carbons (Fsp3) is 0.417. The smallest absolute Gasteiger partial charge is 0.0991 e. The van der Waals surface area contributed by atoms with Crippen LogP contribution in [0.2, 0.25) is 0 Å². The minimum Gasteiger partial charge on any atom is -0.379 e. The lowest BCUT2D eigenvalue weighted by Crippen LogP contribution is -2.09. The van der Waals surface area contributed by atoms with Crippen molar-refractivity contribution in [2.45, 2.75) is 5.75 Å². The molecule has 0 fully saturated rings. The van der Waals surface area contributed by atoms with E-state index in [4.69, 9.17) is 15.7 Å². The Kier molecular flexibility index (Phi) is 6.66. The molecule has 1 rings (SSSR count). The minimum absolute atomic E-state index is 0.584. The molecule has 0 spiro atoms. The van der Waals surface area contributed by atoms with Gasteiger partial charge in [-0.25, -0.2) is 0 Å². The quantitative estimate of drug-likeness (QED) is 0.733. The van der Waals surface area contributed by atoms with E-state index in [0.717, 1.165) is 18.1 Å². The first-order chi connectivity index (χ1) is 7.86. The number of thioether (sulfide) groups is 1. The summed E-state index contributed by atoms with van der Waals surface area (Å²) in [6.07, 6.45) is 0. The summed E-state index contributed by atoms with van der Waals surface area (Å²) < 4.78 is 5.27. The minimum atomic E-state index is 0.584. The van der Waals surface area contributed by atoms with Gasteiger partial charge in [-0.3, -0.25) is 0 Å². The highest BCUT2D eigenvalue weighted by Gasteiger charge is 1.95. The Labute approximate surface area is 101 Å². The zero-order chi connectivity index (χ0) is 11.6. The summed E-state index contributed by atoms with van der Waals surface area (Å²) >= 11 is 1.82. The molecule has 0 aliphatic rings. The fourth-order valence-electron chi connectivity index (χ4n) is 1.17. The van der Waals surface area contributed by atoms with E-state index in [0.29, 0.717) is 18.7 Å². The highest BCUT2D eigenvalue weighted by molar-refractivity contribution is 7.98. The average molecular weight is 236 g/mol. The molecule has 0 bridgehead atoms. The Morgan fingerprint density at radius 1 is 1.25 bits per heavy atom. The van der Waals surface area contributed by atoms with Gasteiger partial charge < -0.3 is 10.5 Å². The molecule has 0 amide bonds. The van der Waals surface area contributed by atoms with Crippen LogP contribution in [0.1, 0.15) is 11.1 Å². The van der Waals surface area contributed by atoms with Crippen molar-refractivity contribution in [1.82, 2.24) is 0 Å². The van der Waals surface area contributed by atoms with E-state index < -0.39 is 0 Å². The summed E-state index contributed by atoms with van der Waals surface area (Å²) in [6, 6.07) is 9.79. The highest BCUT2D eigenvalue weighted by atomic mass is 32.2. The van der Waals surface area contributed by atoms with Crippen molar-refractivity contribution in [2.75, 3.05) is 25.5 Å². The van der Waals surface area contributed by atoms with Crippen molar-refractivity contribution in [3.63, 3.8) is 0 Å². The maximum Gasteiger partial charge on any atom is 0.0991 e. The normalized spacial score (nSPS) is 10.0. The van der Waals surface area contributed by atoms with Gasteiger partial charge in [0.05, 0.1) is 24.8 Å². The number of benzene rings is 1. The Bertz CT molecular complexity index is 332. The highest BCUT2D eigenvalue weighted by Crippen LogP contribution is 2.12. The van der Waals surface area contributed by atoms with E-state index in [1.165, 1.54) is 5.56 Å². The number of nitriles is 1. The van der Waals surface area contributed by atoms with Gasteiger partial charge >= 0.3 is 0 Å². The molecule has 0 aliphatic carbocycles. The third-order valence-corrected chi connectivity index (χ3v) is 2.98. The number of hydrogen-bond acceptors (Lipinski definition) is 4. The topological polar surface area (TPSA) is 59.0 Å². The largest absolute Gasteiger partial charge is 0.379 e. The SMILES string of the molecule is N#Cc1ccc(CSCCOCCN)cc1. The summed E-state index contributed by atoms with van der Waals surface area (Å²) in [7, 11) is 0. The molecule has 0 heterocycles. The van der Waals surface area contributed by atoms with Gasteiger partial charge in [-0.2, -0.15) is 17.0 Å². The summed E-state index contributed by atoms with van der Waals surface area (Å²) in [6.45, 7) is 1.97. The molecule has 1 aromatic rings. The first-order valence-electron chi connectivity index (χ1n) is 5.21. The molecule has 16 heavy (non-hydrogen) atoms. The van der Waals surface area contributed by atoms with Gasteiger partial charge in [0.1, 0.15) is 0 Å². The molecule has 0 saturated carbocycles. The maximum atomic E-state index is 8.64. The molecular weight excluding hydrogens is 220 g/mol. The van der Waals surface area contributed by atoms with E-state index in [-0.39, 0.29) is 0 Å². The third kappa shape index (κ3) is 5.17. The van der Waals surface area contributed by atoms with E-state index in [9.17, 15) is 0 Å². The Hall–Kier alpha value is -1.02. The van der Waals surface area contributed by atoms with Gasteiger partial charge in [-0.05, 0) is 17.7 Å². The molecule has 86 valence electrons. The monoisotopic (exact) mass is 236 g/mol. The summed E-state index contributed by atoms with van der Waals surface area (Å²) in [5.41, 5.74) is 7.25. The van der Waals surface area contributed by atoms with E-state index >= 15 is 0 Å². The summed E-state index contributed by atoms with van der Waals surface area (Å²) in [5, 5.41) is 8.64. The van der Waals surface area contributed by atoms with Crippen molar-refractivity contribution in [3.8, 4) is 6.07 Å².